The first-order valence-electron chi connectivity index (χ1n) is 6.45. The lowest BCUT2D eigenvalue weighted by Crippen LogP contribution is -2.22. The molecular formula is C14H18N2O4S. The predicted molar refractivity (Wildman–Crippen MR) is 78.6 cm³/mol. The zero-order valence-corrected chi connectivity index (χ0v) is 12.5. The Bertz CT molecular complexity index is 636. The van der Waals surface area contributed by atoms with Gasteiger partial charge in [0.05, 0.1) is 11.5 Å². The molecule has 0 aliphatic heterocycles. The third-order valence-corrected chi connectivity index (χ3v) is 4.24. The van der Waals surface area contributed by atoms with E-state index in [-0.39, 0.29) is 11.4 Å². The number of H-pyrrole nitrogens is 1. The van der Waals surface area contributed by atoms with Crippen LogP contribution in [0.3, 0.4) is 0 Å². The highest BCUT2D eigenvalue weighted by molar-refractivity contribution is 7.89. The van der Waals surface area contributed by atoms with Crippen molar-refractivity contribution < 1.29 is 17.9 Å². The van der Waals surface area contributed by atoms with Crippen LogP contribution in [0, 0.1) is 0 Å². The van der Waals surface area contributed by atoms with Gasteiger partial charge in [-0.25, -0.2) is 13.1 Å². The third kappa shape index (κ3) is 4.59. The summed E-state index contributed by atoms with van der Waals surface area (Å²) in [6.45, 7) is 1.16. The Morgan fingerprint density at radius 2 is 1.90 bits per heavy atom. The van der Waals surface area contributed by atoms with Crippen LogP contribution in [0.1, 0.15) is 5.56 Å². The zero-order chi connectivity index (χ0) is 15.1. The molecule has 1 aromatic heterocycles. The van der Waals surface area contributed by atoms with Gasteiger partial charge < -0.3 is 14.5 Å². The minimum absolute atomic E-state index is 0.206. The second-order valence-corrected chi connectivity index (χ2v) is 6.12. The molecule has 2 rings (SSSR count). The Labute approximate surface area is 124 Å². The number of methoxy groups -OCH3 is 1. The molecule has 0 aliphatic carbocycles. The lowest BCUT2D eigenvalue weighted by Gasteiger charge is -2.08. The van der Waals surface area contributed by atoms with Gasteiger partial charge in [0.1, 0.15) is 12.4 Å². The van der Waals surface area contributed by atoms with E-state index in [4.69, 9.17) is 9.47 Å². The summed E-state index contributed by atoms with van der Waals surface area (Å²) in [6, 6.07) is 8.10. The average molecular weight is 310 g/mol. The molecule has 6 nitrogen and oxygen atoms in total. The molecule has 0 amide bonds. The second kappa shape index (κ2) is 7.26. The Kier molecular flexibility index (Phi) is 5.38. The van der Waals surface area contributed by atoms with E-state index in [0.29, 0.717) is 19.0 Å². The zero-order valence-electron chi connectivity index (χ0n) is 11.7. The molecule has 0 unspecified atom stereocenters. The number of nitrogens with one attached hydrogen (secondary N) is 2. The van der Waals surface area contributed by atoms with Gasteiger partial charge in [0.2, 0.25) is 10.0 Å². The van der Waals surface area contributed by atoms with Crippen molar-refractivity contribution >= 4 is 10.0 Å². The van der Waals surface area contributed by atoms with Gasteiger partial charge in [-0.15, -0.1) is 0 Å². The Hall–Kier alpha value is -1.83. The van der Waals surface area contributed by atoms with E-state index in [0.717, 1.165) is 5.56 Å². The highest BCUT2D eigenvalue weighted by Gasteiger charge is 2.13. The summed E-state index contributed by atoms with van der Waals surface area (Å²) in [5.74, 6) is 0.608. The van der Waals surface area contributed by atoms with Crippen LogP contribution in [0.25, 0.3) is 0 Å². The number of benzene rings is 1. The van der Waals surface area contributed by atoms with E-state index >= 15 is 0 Å². The van der Waals surface area contributed by atoms with E-state index in [9.17, 15) is 8.42 Å². The highest BCUT2D eigenvalue weighted by Crippen LogP contribution is 2.16. The highest BCUT2D eigenvalue weighted by atomic mass is 32.2. The first-order valence-corrected chi connectivity index (χ1v) is 7.93. The molecule has 1 heterocycles. The maximum absolute atomic E-state index is 12.1. The van der Waals surface area contributed by atoms with Crippen LogP contribution in [0.5, 0.6) is 5.75 Å². The van der Waals surface area contributed by atoms with E-state index < -0.39 is 10.0 Å². The molecule has 0 aliphatic rings. The summed E-state index contributed by atoms with van der Waals surface area (Å²) >= 11 is 0. The normalized spacial score (nSPS) is 11.5. The van der Waals surface area contributed by atoms with Crippen molar-refractivity contribution in [1.82, 2.24) is 9.71 Å². The van der Waals surface area contributed by atoms with Crippen LogP contribution in [-0.4, -0.2) is 33.7 Å². The molecule has 21 heavy (non-hydrogen) atoms. The molecular weight excluding hydrogens is 292 g/mol. The van der Waals surface area contributed by atoms with Crippen LogP contribution in [0.4, 0.5) is 0 Å². The van der Waals surface area contributed by atoms with Crippen LogP contribution >= 0.6 is 0 Å². The lowest BCUT2D eigenvalue weighted by molar-refractivity contribution is 0.146. The van der Waals surface area contributed by atoms with Crippen LogP contribution < -0.4 is 9.46 Å². The number of sulfonamides is 1. The standard InChI is InChI=1S/C14H18N2O4S/c1-19-8-9-20-13-2-4-14(5-3-13)21(17,18)16-11-12-6-7-15-10-12/h2-7,10,15-16H,8-9,11H2,1H3. The summed E-state index contributed by atoms with van der Waals surface area (Å²) in [7, 11) is -1.93. The molecule has 0 spiro atoms. The fraction of sp³-hybridized carbons (Fsp3) is 0.286. The van der Waals surface area contributed by atoms with Gasteiger partial charge in [0.15, 0.2) is 0 Å². The monoisotopic (exact) mass is 310 g/mol. The number of aromatic amines is 1. The minimum atomic E-state index is -3.52. The topological polar surface area (TPSA) is 80.4 Å². The summed E-state index contributed by atoms with van der Waals surface area (Å²) < 4.78 is 37.0. The second-order valence-electron chi connectivity index (χ2n) is 4.36. The molecule has 0 saturated heterocycles. The maximum atomic E-state index is 12.1. The Morgan fingerprint density at radius 1 is 1.14 bits per heavy atom. The molecule has 0 bridgehead atoms. The van der Waals surface area contributed by atoms with Gasteiger partial charge in [-0.3, -0.25) is 0 Å². The maximum Gasteiger partial charge on any atom is 0.240 e. The molecule has 114 valence electrons. The summed E-state index contributed by atoms with van der Waals surface area (Å²) in [4.78, 5) is 3.08. The van der Waals surface area contributed by atoms with Crippen molar-refractivity contribution in [3.8, 4) is 5.75 Å². The van der Waals surface area contributed by atoms with Crippen LogP contribution in [0.15, 0.2) is 47.6 Å². The summed E-state index contributed by atoms with van der Waals surface area (Å²) in [5, 5.41) is 0. The van der Waals surface area contributed by atoms with Gasteiger partial charge in [0.25, 0.3) is 0 Å². The fourth-order valence-corrected chi connectivity index (χ4v) is 2.71. The number of hydrogen-bond acceptors (Lipinski definition) is 4. The summed E-state index contributed by atoms with van der Waals surface area (Å²) in [6.07, 6.45) is 3.49. The number of rotatable bonds is 8. The molecule has 2 N–H and O–H groups in total. The lowest BCUT2D eigenvalue weighted by atomic mass is 10.3. The minimum Gasteiger partial charge on any atom is -0.491 e. The molecule has 0 atom stereocenters. The largest absolute Gasteiger partial charge is 0.491 e. The van der Waals surface area contributed by atoms with Crippen molar-refractivity contribution in [3.63, 3.8) is 0 Å². The molecule has 7 heteroatoms. The third-order valence-electron chi connectivity index (χ3n) is 2.82. The van der Waals surface area contributed by atoms with E-state index in [1.807, 2.05) is 6.07 Å². The van der Waals surface area contributed by atoms with E-state index in [1.54, 1.807) is 31.6 Å². The fourth-order valence-electron chi connectivity index (χ4n) is 1.69. The van der Waals surface area contributed by atoms with E-state index in [2.05, 4.69) is 9.71 Å². The smallest absolute Gasteiger partial charge is 0.240 e. The summed E-state index contributed by atoms with van der Waals surface area (Å²) in [5.41, 5.74) is 0.873. The van der Waals surface area contributed by atoms with Crippen LogP contribution in [-0.2, 0) is 21.3 Å². The van der Waals surface area contributed by atoms with Crippen molar-refractivity contribution in [2.24, 2.45) is 0 Å². The van der Waals surface area contributed by atoms with Gasteiger partial charge in [-0.2, -0.15) is 0 Å². The number of aromatic nitrogens is 1. The molecule has 0 fully saturated rings. The SMILES string of the molecule is COCCOc1ccc(S(=O)(=O)NCc2cc[nH]c2)cc1. The number of ether oxygens (including phenoxy) is 2. The van der Waals surface area contributed by atoms with Gasteiger partial charge in [-0.1, -0.05) is 0 Å². The first kappa shape index (κ1) is 15.6. The molecule has 0 saturated carbocycles. The molecule has 0 radical (unpaired) electrons. The van der Waals surface area contributed by atoms with Crippen molar-refractivity contribution in [2.45, 2.75) is 11.4 Å². The predicted octanol–water partition coefficient (Wildman–Crippen LogP) is 1.52. The van der Waals surface area contributed by atoms with Gasteiger partial charge in [-0.05, 0) is 35.9 Å². The first-order chi connectivity index (χ1) is 10.1. The quantitative estimate of drug-likeness (QED) is 0.724. The Balaban J connectivity index is 1.96. The average Bonchev–Trinajstić information content (AvgIpc) is 3.00. The van der Waals surface area contributed by atoms with Crippen molar-refractivity contribution in [2.75, 3.05) is 20.3 Å². The van der Waals surface area contributed by atoms with Crippen LogP contribution in [0.2, 0.25) is 0 Å². The van der Waals surface area contributed by atoms with Crippen molar-refractivity contribution in [1.29, 1.82) is 0 Å². The number of hydrogen-bond donors (Lipinski definition) is 2. The molecule has 1 aromatic carbocycles. The van der Waals surface area contributed by atoms with E-state index in [1.165, 1.54) is 12.1 Å². The van der Waals surface area contributed by atoms with Crippen molar-refractivity contribution in [3.05, 3.63) is 48.3 Å². The Morgan fingerprint density at radius 3 is 2.52 bits per heavy atom. The van der Waals surface area contributed by atoms with Gasteiger partial charge >= 0.3 is 0 Å². The van der Waals surface area contributed by atoms with Gasteiger partial charge in [0, 0.05) is 26.0 Å². The molecule has 2 aromatic rings.